The van der Waals surface area contributed by atoms with Gasteiger partial charge in [0.1, 0.15) is 32.0 Å². The first-order chi connectivity index (χ1) is 14.3. The lowest BCUT2D eigenvalue weighted by Crippen LogP contribution is -2.53. The highest BCUT2D eigenvalue weighted by molar-refractivity contribution is 7.46. The fourth-order valence-corrected chi connectivity index (χ4v) is 7.61. The Morgan fingerprint density at radius 3 is 2.20 bits per heavy atom. The summed E-state index contributed by atoms with van der Waals surface area (Å²) >= 11 is 0. The molecule has 0 amide bonds. The van der Waals surface area contributed by atoms with Gasteiger partial charge in [-0.15, -0.1) is 0 Å². The van der Waals surface area contributed by atoms with Gasteiger partial charge in [0.15, 0.2) is 0 Å². The van der Waals surface area contributed by atoms with Crippen molar-refractivity contribution in [2.75, 3.05) is 46.5 Å². The van der Waals surface area contributed by atoms with Crippen LogP contribution < -0.4 is 9.42 Å². The van der Waals surface area contributed by atoms with E-state index in [9.17, 15) is 9.46 Å². The molecule has 30 heavy (non-hydrogen) atoms. The summed E-state index contributed by atoms with van der Waals surface area (Å²) in [5.74, 6) is 3.00. The molecule has 166 valence electrons. The Morgan fingerprint density at radius 1 is 1.07 bits per heavy atom. The van der Waals surface area contributed by atoms with Crippen molar-refractivity contribution in [2.24, 2.45) is 17.8 Å². The summed E-state index contributed by atoms with van der Waals surface area (Å²) in [6.07, 6.45) is 8.14. The molecule has 1 saturated heterocycles. The highest BCUT2D eigenvalue weighted by Crippen LogP contribution is 2.60. The first-order valence-electron chi connectivity index (χ1n) is 11.5. The largest absolute Gasteiger partial charge is 0.746 e. The van der Waals surface area contributed by atoms with Gasteiger partial charge in [-0.05, 0) is 79.4 Å². The SMILES string of the molecule is C[N+]1(CCOP(=O)([O-])Oc2ccc(C34CC5CC(CC(C5)C3)C4)cc2)CCOCC1. The molecule has 0 radical (unpaired) electrons. The summed E-state index contributed by atoms with van der Waals surface area (Å²) in [7, 11) is -2.27. The minimum atomic E-state index is -4.38. The predicted octanol–water partition coefficient (Wildman–Crippen LogP) is 3.50. The number of likely N-dealkylation sites (N-methyl/N-ethyl adjacent to an activating group) is 1. The number of phosphoric ester groups is 1. The van der Waals surface area contributed by atoms with Gasteiger partial charge in [-0.25, -0.2) is 0 Å². The first kappa shape index (κ1) is 21.0. The van der Waals surface area contributed by atoms with Crippen molar-refractivity contribution in [1.82, 2.24) is 0 Å². The molecular weight excluding hydrogens is 401 g/mol. The third kappa shape index (κ3) is 4.35. The first-order valence-corrected chi connectivity index (χ1v) is 13.0. The second kappa shape index (κ2) is 7.90. The van der Waals surface area contributed by atoms with Crippen molar-refractivity contribution in [2.45, 2.75) is 43.9 Å². The van der Waals surface area contributed by atoms with E-state index in [1.165, 1.54) is 44.1 Å². The quantitative estimate of drug-likeness (QED) is 0.485. The molecule has 4 saturated carbocycles. The average Bonchev–Trinajstić information content (AvgIpc) is 2.67. The van der Waals surface area contributed by atoms with Crippen LogP contribution in [0.5, 0.6) is 5.75 Å². The molecule has 0 N–H and O–H groups in total. The Morgan fingerprint density at radius 2 is 1.63 bits per heavy atom. The summed E-state index contributed by atoms with van der Waals surface area (Å²) < 4.78 is 28.8. The highest BCUT2D eigenvalue weighted by Gasteiger charge is 2.51. The van der Waals surface area contributed by atoms with E-state index in [0.717, 1.165) is 35.3 Å². The number of rotatable bonds is 7. The van der Waals surface area contributed by atoms with E-state index in [2.05, 4.69) is 19.2 Å². The maximum atomic E-state index is 12.3. The molecule has 0 aromatic heterocycles. The van der Waals surface area contributed by atoms with Gasteiger partial charge in [-0.3, -0.25) is 4.57 Å². The lowest BCUT2D eigenvalue weighted by Gasteiger charge is -2.57. The van der Waals surface area contributed by atoms with E-state index in [0.29, 0.717) is 30.9 Å². The van der Waals surface area contributed by atoms with E-state index in [1.54, 1.807) is 12.1 Å². The van der Waals surface area contributed by atoms with Crippen LogP contribution in [0.15, 0.2) is 24.3 Å². The van der Waals surface area contributed by atoms with Gasteiger partial charge in [0, 0.05) is 0 Å². The summed E-state index contributed by atoms with van der Waals surface area (Å²) in [5, 5.41) is 0. The van der Waals surface area contributed by atoms with E-state index >= 15 is 0 Å². The van der Waals surface area contributed by atoms with Crippen LogP contribution >= 0.6 is 7.82 Å². The molecule has 1 aromatic carbocycles. The maximum Gasteiger partial charge on any atom is 0.319 e. The Balaban J connectivity index is 1.18. The number of hydrogen-bond donors (Lipinski definition) is 0. The lowest BCUT2D eigenvalue weighted by atomic mass is 9.48. The van der Waals surface area contributed by atoms with Gasteiger partial charge < -0.3 is 23.2 Å². The zero-order valence-electron chi connectivity index (χ0n) is 18.0. The zero-order valence-corrected chi connectivity index (χ0v) is 18.9. The number of hydrogen-bond acceptors (Lipinski definition) is 5. The van der Waals surface area contributed by atoms with Gasteiger partial charge in [-0.1, -0.05) is 12.1 Å². The van der Waals surface area contributed by atoms with Crippen LogP contribution in [0.2, 0.25) is 0 Å². The third-order valence-corrected chi connectivity index (χ3v) is 9.09. The van der Waals surface area contributed by atoms with Crippen molar-refractivity contribution in [3.63, 3.8) is 0 Å². The van der Waals surface area contributed by atoms with Gasteiger partial charge in [-0.2, -0.15) is 0 Å². The molecule has 1 unspecified atom stereocenters. The van der Waals surface area contributed by atoms with Crippen LogP contribution in [0.1, 0.15) is 44.1 Å². The Hall–Kier alpha value is -0.910. The van der Waals surface area contributed by atoms with E-state index < -0.39 is 7.82 Å². The van der Waals surface area contributed by atoms with E-state index in [4.69, 9.17) is 13.8 Å². The van der Waals surface area contributed by atoms with Crippen molar-refractivity contribution in [3.8, 4) is 5.75 Å². The van der Waals surface area contributed by atoms with Crippen LogP contribution in [0.3, 0.4) is 0 Å². The molecule has 6 nitrogen and oxygen atoms in total. The number of nitrogens with zero attached hydrogens (tertiary/aromatic N) is 1. The highest BCUT2D eigenvalue weighted by atomic mass is 31.2. The molecule has 7 heteroatoms. The number of morpholine rings is 1. The van der Waals surface area contributed by atoms with Crippen molar-refractivity contribution in [3.05, 3.63) is 29.8 Å². The fourth-order valence-electron chi connectivity index (χ4n) is 6.87. The molecule has 4 aliphatic carbocycles. The molecule has 0 spiro atoms. The number of quaternary nitrogens is 1. The molecule has 1 atom stereocenters. The normalized spacial score (nSPS) is 36.4. The number of benzene rings is 1. The molecule has 5 aliphatic rings. The Kier molecular flexibility index (Phi) is 5.52. The maximum absolute atomic E-state index is 12.3. The second-order valence-electron chi connectivity index (χ2n) is 10.5. The third-order valence-electron chi connectivity index (χ3n) is 8.15. The minimum absolute atomic E-state index is 0.128. The summed E-state index contributed by atoms with van der Waals surface area (Å²) in [6, 6.07) is 7.78. The smallest absolute Gasteiger partial charge is 0.319 e. The molecule has 1 heterocycles. The summed E-state index contributed by atoms with van der Waals surface area (Å²) in [5.41, 5.74) is 1.67. The van der Waals surface area contributed by atoms with Crippen LogP contribution in [-0.4, -0.2) is 51.0 Å². The molecular formula is C23H34NO5P. The molecule has 5 fully saturated rings. The second-order valence-corrected chi connectivity index (χ2v) is 11.8. The molecule has 1 aromatic rings. The van der Waals surface area contributed by atoms with Gasteiger partial charge in [0.05, 0.1) is 20.3 Å². The summed E-state index contributed by atoms with van der Waals surface area (Å²) in [4.78, 5) is 12.3. The average molecular weight is 436 g/mol. The lowest BCUT2D eigenvalue weighted by molar-refractivity contribution is -0.916. The monoisotopic (exact) mass is 435 g/mol. The van der Waals surface area contributed by atoms with Gasteiger partial charge in [0.25, 0.3) is 0 Å². The van der Waals surface area contributed by atoms with Crippen LogP contribution in [-0.2, 0) is 19.2 Å². The number of phosphoric acid groups is 1. The van der Waals surface area contributed by atoms with E-state index in [-0.39, 0.29) is 6.61 Å². The Labute approximate surface area is 179 Å². The fraction of sp³-hybridized carbons (Fsp3) is 0.739. The molecule has 4 bridgehead atoms. The summed E-state index contributed by atoms with van der Waals surface area (Å²) in [6.45, 7) is 3.92. The van der Waals surface area contributed by atoms with Crippen LogP contribution in [0, 0.1) is 17.8 Å². The predicted molar refractivity (Wildman–Crippen MR) is 112 cm³/mol. The van der Waals surface area contributed by atoms with Gasteiger partial charge >= 0.3 is 7.82 Å². The van der Waals surface area contributed by atoms with Crippen LogP contribution in [0.25, 0.3) is 0 Å². The van der Waals surface area contributed by atoms with Gasteiger partial charge in [0.2, 0.25) is 0 Å². The van der Waals surface area contributed by atoms with Crippen molar-refractivity contribution < 1.29 is 27.7 Å². The van der Waals surface area contributed by atoms with Crippen molar-refractivity contribution in [1.29, 1.82) is 0 Å². The zero-order chi connectivity index (χ0) is 20.8. The molecule has 6 rings (SSSR count). The minimum Gasteiger partial charge on any atom is -0.746 e. The van der Waals surface area contributed by atoms with Crippen molar-refractivity contribution >= 4 is 7.82 Å². The topological polar surface area (TPSA) is 67.8 Å². The van der Waals surface area contributed by atoms with Crippen LogP contribution in [0.4, 0.5) is 0 Å². The Bertz CT molecular complexity index is 769. The number of ether oxygens (including phenoxy) is 1. The van der Waals surface area contributed by atoms with E-state index in [1.807, 2.05) is 0 Å². The standard InChI is InChI=1S/C23H34NO5P/c1-24(6-9-27-10-7-24)8-11-28-30(25,26)29-22-4-2-21(3-5-22)23-15-18-12-19(16-23)14-20(13-18)17-23/h2-5,18-20H,6-17H2,1H3. The molecule has 1 aliphatic heterocycles.